The Morgan fingerprint density at radius 2 is 2.00 bits per heavy atom. The van der Waals surface area contributed by atoms with Gasteiger partial charge in [-0.15, -0.1) is 11.8 Å². The molecule has 0 bridgehead atoms. The first-order valence-electron chi connectivity index (χ1n) is 3.12. The zero-order chi connectivity index (χ0) is 7.28. The first-order chi connectivity index (χ1) is 4.22. The van der Waals surface area contributed by atoms with Gasteiger partial charge in [-0.25, -0.2) is 0 Å². The third kappa shape index (κ3) is 3.93. The monoisotopic (exact) mass is 162 g/mol. The average molecular weight is 162 g/mol. The van der Waals surface area contributed by atoms with E-state index in [4.69, 9.17) is 0 Å². The Balaban J connectivity index is 3.78. The molecule has 0 fully saturated rings. The van der Waals surface area contributed by atoms with Crippen molar-refractivity contribution < 1.29 is 0 Å². The van der Waals surface area contributed by atoms with Gasteiger partial charge in [-0.3, -0.25) is 0 Å². The predicted octanol–water partition coefficient (Wildman–Crippen LogP) is 2.96. The van der Waals surface area contributed by atoms with Crippen molar-refractivity contribution in [2.24, 2.45) is 0 Å². The van der Waals surface area contributed by atoms with Crippen molar-refractivity contribution in [1.82, 2.24) is 0 Å². The molecule has 0 aliphatic rings. The minimum Gasteiger partial charge on any atom is -0.175 e. The van der Waals surface area contributed by atoms with Crippen molar-refractivity contribution >= 4 is 24.4 Å². The van der Waals surface area contributed by atoms with E-state index in [9.17, 15) is 0 Å². The topological polar surface area (TPSA) is 0 Å². The number of thioether (sulfide) groups is 1. The summed E-state index contributed by atoms with van der Waals surface area (Å²) in [5.41, 5.74) is 1.39. The first kappa shape index (κ1) is 9.44. The molecule has 0 heterocycles. The molecule has 54 valence electrons. The zero-order valence-corrected chi connectivity index (χ0v) is 7.98. The lowest BCUT2D eigenvalue weighted by Gasteiger charge is -2.01. The maximum absolute atomic E-state index is 4.18. The Labute approximate surface area is 67.5 Å². The van der Waals surface area contributed by atoms with Gasteiger partial charge >= 0.3 is 0 Å². The van der Waals surface area contributed by atoms with Crippen molar-refractivity contribution in [2.45, 2.75) is 20.8 Å². The van der Waals surface area contributed by atoms with E-state index < -0.39 is 0 Å². The van der Waals surface area contributed by atoms with E-state index >= 15 is 0 Å². The van der Waals surface area contributed by atoms with Gasteiger partial charge < -0.3 is 0 Å². The van der Waals surface area contributed by atoms with E-state index in [-0.39, 0.29) is 0 Å². The lowest BCUT2D eigenvalue weighted by atomic mass is 10.3. The minimum absolute atomic E-state index is 0.888. The Hall–Kier alpha value is 0.440. The lowest BCUT2D eigenvalue weighted by molar-refractivity contribution is 1.36. The summed E-state index contributed by atoms with van der Waals surface area (Å²) < 4.78 is 0. The van der Waals surface area contributed by atoms with E-state index in [1.165, 1.54) is 10.5 Å². The fraction of sp³-hybridized carbons (Fsp3) is 0.714. The van der Waals surface area contributed by atoms with Crippen molar-refractivity contribution in [1.29, 1.82) is 0 Å². The summed E-state index contributed by atoms with van der Waals surface area (Å²) >= 11 is 6.07. The Morgan fingerprint density at radius 1 is 1.44 bits per heavy atom. The van der Waals surface area contributed by atoms with E-state index in [2.05, 4.69) is 33.4 Å². The number of hydrogen-bond donors (Lipinski definition) is 1. The van der Waals surface area contributed by atoms with Crippen molar-refractivity contribution in [3.8, 4) is 0 Å². The van der Waals surface area contributed by atoms with Gasteiger partial charge in [0.1, 0.15) is 0 Å². The summed E-state index contributed by atoms with van der Waals surface area (Å²) in [7, 11) is 0. The molecule has 0 saturated heterocycles. The summed E-state index contributed by atoms with van der Waals surface area (Å²) in [6.45, 7) is 6.45. The van der Waals surface area contributed by atoms with E-state index in [1.54, 1.807) is 0 Å². The molecule has 0 spiro atoms. The second-order valence-electron chi connectivity index (χ2n) is 1.93. The van der Waals surface area contributed by atoms with Crippen molar-refractivity contribution in [3.05, 3.63) is 10.5 Å². The smallest absolute Gasteiger partial charge is 0.0121 e. The molecule has 0 saturated carbocycles. The second-order valence-corrected chi connectivity index (χ2v) is 3.72. The van der Waals surface area contributed by atoms with Crippen LogP contribution in [0.2, 0.25) is 0 Å². The van der Waals surface area contributed by atoms with Crippen molar-refractivity contribution in [3.63, 3.8) is 0 Å². The van der Waals surface area contributed by atoms with Crippen molar-refractivity contribution in [2.75, 3.05) is 11.5 Å². The van der Waals surface area contributed by atoms with Gasteiger partial charge in [-0.2, -0.15) is 12.6 Å². The normalized spacial score (nSPS) is 13.3. The van der Waals surface area contributed by atoms with Crippen LogP contribution in [0.15, 0.2) is 10.5 Å². The molecule has 0 aromatic heterocycles. The lowest BCUT2D eigenvalue weighted by Crippen LogP contribution is -1.81. The average Bonchev–Trinajstić information content (AvgIpc) is 1.87. The highest BCUT2D eigenvalue weighted by Crippen LogP contribution is 2.18. The van der Waals surface area contributed by atoms with Gasteiger partial charge in [0.2, 0.25) is 0 Å². The fourth-order valence-corrected chi connectivity index (χ4v) is 1.55. The van der Waals surface area contributed by atoms with Crippen LogP contribution in [0.5, 0.6) is 0 Å². The molecule has 0 aromatic rings. The molecule has 2 heteroatoms. The molecule has 0 amide bonds. The molecule has 0 radical (unpaired) electrons. The van der Waals surface area contributed by atoms with Gasteiger partial charge in [0, 0.05) is 5.75 Å². The van der Waals surface area contributed by atoms with Gasteiger partial charge in [-0.05, 0) is 24.5 Å². The summed E-state index contributed by atoms with van der Waals surface area (Å²) in [5.74, 6) is 2.05. The zero-order valence-electron chi connectivity index (χ0n) is 6.27. The van der Waals surface area contributed by atoms with Crippen LogP contribution in [-0.4, -0.2) is 11.5 Å². The van der Waals surface area contributed by atoms with Crippen LogP contribution in [0.3, 0.4) is 0 Å². The Bertz CT molecular complexity index is 105. The van der Waals surface area contributed by atoms with Crippen LogP contribution in [0.1, 0.15) is 20.8 Å². The number of hydrogen-bond acceptors (Lipinski definition) is 2. The molecule has 0 rings (SSSR count). The van der Waals surface area contributed by atoms with Gasteiger partial charge in [-0.1, -0.05) is 12.5 Å². The summed E-state index contributed by atoms with van der Waals surface area (Å²) in [6, 6.07) is 0. The van der Waals surface area contributed by atoms with Crippen LogP contribution in [0.4, 0.5) is 0 Å². The molecule has 9 heavy (non-hydrogen) atoms. The van der Waals surface area contributed by atoms with Crippen LogP contribution < -0.4 is 0 Å². The molecule has 0 aromatic carbocycles. The second kappa shape index (κ2) is 5.24. The Morgan fingerprint density at radius 3 is 2.33 bits per heavy atom. The summed E-state index contributed by atoms with van der Waals surface area (Å²) in [4.78, 5) is 1.42. The molecule has 0 nitrogen and oxygen atoms in total. The maximum Gasteiger partial charge on any atom is 0.0121 e. The summed E-state index contributed by atoms with van der Waals surface area (Å²) in [6.07, 6.45) is 0. The summed E-state index contributed by atoms with van der Waals surface area (Å²) in [5, 5.41) is 0. The van der Waals surface area contributed by atoms with Gasteiger partial charge in [0.25, 0.3) is 0 Å². The Kier molecular flexibility index (Phi) is 5.50. The predicted molar refractivity (Wildman–Crippen MR) is 50.4 cm³/mol. The molecular weight excluding hydrogens is 148 g/mol. The third-order valence-corrected chi connectivity index (χ3v) is 2.74. The van der Waals surface area contributed by atoms with Gasteiger partial charge in [0.05, 0.1) is 0 Å². The first-order valence-corrected chi connectivity index (χ1v) is 4.74. The standard InChI is InChI=1S/C7H14S2/c1-4-9-7(3)6(2)5-8/h8H,4-5H2,1-3H3/b7-6-. The molecule has 0 atom stereocenters. The largest absolute Gasteiger partial charge is 0.175 e. The van der Waals surface area contributed by atoms with E-state index in [1.807, 2.05) is 11.8 Å². The van der Waals surface area contributed by atoms with E-state index in [0.29, 0.717) is 0 Å². The highest BCUT2D eigenvalue weighted by Gasteiger charge is 1.92. The van der Waals surface area contributed by atoms with Crippen LogP contribution in [0.25, 0.3) is 0 Å². The van der Waals surface area contributed by atoms with Crippen LogP contribution >= 0.6 is 24.4 Å². The molecule has 0 N–H and O–H groups in total. The molecule has 0 unspecified atom stereocenters. The SMILES string of the molecule is CCS/C(C)=C(/C)CS. The number of allylic oxidation sites excluding steroid dienone is 1. The fourth-order valence-electron chi connectivity index (χ4n) is 0.451. The quantitative estimate of drug-likeness (QED) is 0.623. The molecule has 0 aliphatic heterocycles. The highest BCUT2D eigenvalue weighted by molar-refractivity contribution is 8.03. The minimum atomic E-state index is 0.888. The number of thiol groups is 1. The van der Waals surface area contributed by atoms with E-state index in [0.717, 1.165) is 11.5 Å². The highest BCUT2D eigenvalue weighted by atomic mass is 32.2. The number of rotatable bonds is 3. The van der Waals surface area contributed by atoms with Crippen LogP contribution in [0, 0.1) is 0 Å². The molecular formula is C7H14S2. The maximum atomic E-state index is 4.18. The van der Waals surface area contributed by atoms with Crippen LogP contribution in [-0.2, 0) is 0 Å². The third-order valence-electron chi connectivity index (χ3n) is 1.20. The van der Waals surface area contributed by atoms with Gasteiger partial charge in [0.15, 0.2) is 0 Å². The molecule has 0 aliphatic carbocycles.